The zero-order chi connectivity index (χ0) is 26.5. The van der Waals surface area contributed by atoms with Gasteiger partial charge >= 0.3 is 0 Å². The summed E-state index contributed by atoms with van der Waals surface area (Å²) in [6, 6.07) is 14.1. The topological polar surface area (TPSA) is 65.8 Å². The highest BCUT2D eigenvalue weighted by atomic mass is 35.5. The molecule has 2 amide bonds. The first-order valence-electron chi connectivity index (χ1n) is 12.1. The Kier molecular flexibility index (Phi) is 8.85. The number of nitrogens with zero attached hydrogens (tertiary/aromatic N) is 2. The molecule has 37 heavy (non-hydrogen) atoms. The van der Waals surface area contributed by atoms with Crippen LogP contribution in [0.2, 0.25) is 15.1 Å². The Labute approximate surface area is 231 Å². The molecule has 0 spiro atoms. The third-order valence-corrected chi connectivity index (χ3v) is 6.84. The van der Waals surface area contributed by atoms with E-state index < -0.39 is 0 Å². The molecule has 0 radical (unpaired) electrons. The molecule has 0 aliphatic carbocycles. The summed E-state index contributed by atoms with van der Waals surface area (Å²) in [4.78, 5) is 28.9. The summed E-state index contributed by atoms with van der Waals surface area (Å²) < 4.78 is 5.79. The van der Waals surface area contributed by atoms with Crippen LogP contribution in [0.25, 0.3) is 17.4 Å². The van der Waals surface area contributed by atoms with Crippen LogP contribution in [0.15, 0.2) is 59.0 Å². The second-order valence-corrected chi connectivity index (χ2v) is 10.5. The number of rotatable bonds is 7. The summed E-state index contributed by atoms with van der Waals surface area (Å²) in [5.41, 5.74) is 2.19. The average Bonchev–Trinajstić information content (AvgIpc) is 3.31. The number of benzene rings is 2. The minimum atomic E-state index is -0.316. The van der Waals surface area contributed by atoms with Gasteiger partial charge in [0.1, 0.15) is 11.5 Å². The van der Waals surface area contributed by atoms with Crippen LogP contribution < -0.4 is 10.2 Å². The van der Waals surface area contributed by atoms with Crippen molar-refractivity contribution in [2.24, 2.45) is 5.92 Å². The molecule has 1 aliphatic heterocycles. The van der Waals surface area contributed by atoms with E-state index in [9.17, 15) is 9.59 Å². The average molecular weight is 561 g/mol. The first kappa shape index (κ1) is 27.1. The zero-order valence-corrected chi connectivity index (χ0v) is 22.9. The van der Waals surface area contributed by atoms with E-state index in [1.54, 1.807) is 42.5 Å². The van der Waals surface area contributed by atoms with Crippen LogP contribution >= 0.6 is 34.8 Å². The first-order chi connectivity index (χ1) is 17.7. The van der Waals surface area contributed by atoms with Gasteiger partial charge in [-0.25, -0.2) is 0 Å². The van der Waals surface area contributed by atoms with Crippen molar-refractivity contribution in [3.63, 3.8) is 0 Å². The molecule has 2 aromatic carbocycles. The van der Waals surface area contributed by atoms with E-state index >= 15 is 0 Å². The fourth-order valence-electron chi connectivity index (χ4n) is 4.13. The van der Waals surface area contributed by atoms with Crippen molar-refractivity contribution in [1.29, 1.82) is 0 Å². The van der Waals surface area contributed by atoms with Gasteiger partial charge in [0.2, 0.25) is 11.8 Å². The maximum atomic E-state index is 12.5. The molecule has 0 bridgehead atoms. The summed E-state index contributed by atoms with van der Waals surface area (Å²) in [7, 11) is 0. The van der Waals surface area contributed by atoms with Gasteiger partial charge in [-0.3, -0.25) is 9.59 Å². The van der Waals surface area contributed by atoms with E-state index in [0.717, 1.165) is 5.69 Å². The maximum Gasteiger partial charge on any atom is 0.248 e. The highest BCUT2D eigenvalue weighted by Gasteiger charge is 2.23. The molecule has 0 saturated carbocycles. The minimum Gasteiger partial charge on any atom is -0.457 e. The van der Waals surface area contributed by atoms with Crippen LogP contribution in [-0.4, -0.2) is 42.9 Å². The summed E-state index contributed by atoms with van der Waals surface area (Å²) in [6.45, 7) is 6.87. The number of anilines is 2. The summed E-state index contributed by atoms with van der Waals surface area (Å²) in [5.74, 6) is 1.32. The number of carbonyl (C=O) groups is 2. The molecule has 1 saturated heterocycles. The predicted octanol–water partition coefficient (Wildman–Crippen LogP) is 7.25. The van der Waals surface area contributed by atoms with Crippen LogP contribution in [0, 0.1) is 5.92 Å². The number of furan rings is 1. The monoisotopic (exact) mass is 559 g/mol. The molecule has 1 aromatic heterocycles. The van der Waals surface area contributed by atoms with Crippen LogP contribution in [-0.2, 0) is 9.59 Å². The number of amides is 2. The van der Waals surface area contributed by atoms with E-state index in [1.807, 2.05) is 17.0 Å². The summed E-state index contributed by atoms with van der Waals surface area (Å²) in [5, 5.41) is 4.39. The molecule has 2 heterocycles. The van der Waals surface area contributed by atoms with Gasteiger partial charge in [-0.05, 0) is 60.5 Å². The van der Waals surface area contributed by atoms with E-state index in [1.165, 1.54) is 6.08 Å². The largest absolute Gasteiger partial charge is 0.457 e. The molecular formula is C28H28Cl3N3O3. The van der Waals surface area contributed by atoms with Crippen LogP contribution in [0.4, 0.5) is 11.4 Å². The Balaban J connectivity index is 1.33. The number of nitrogens with one attached hydrogen (secondary N) is 1. The molecule has 0 atom stereocenters. The third kappa shape index (κ3) is 7.10. The molecular weight excluding hydrogens is 533 g/mol. The Hall–Kier alpha value is -2.93. The summed E-state index contributed by atoms with van der Waals surface area (Å²) >= 11 is 18.7. The number of hydrogen-bond acceptors (Lipinski definition) is 4. The van der Waals surface area contributed by atoms with Crippen molar-refractivity contribution in [1.82, 2.24) is 4.90 Å². The number of piperazine rings is 1. The van der Waals surface area contributed by atoms with E-state index in [-0.39, 0.29) is 11.8 Å². The van der Waals surface area contributed by atoms with Crippen LogP contribution in [0.3, 0.4) is 0 Å². The Morgan fingerprint density at radius 3 is 2.41 bits per heavy atom. The number of carbonyl (C=O) groups excluding carboxylic acids is 2. The molecule has 0 unspecified atom stereocenters. The van der Waals surface area contributed by atoms with Gasteiger partial charge in [-0.15, -0.1) is 0 Å². The number of halogens is 3. The third-order valence-electron chi connectivity index (χ3n) is 5.99. The minimum absolute atomic E-state index is 0.200. The highest BCUT2D eigenvalue weighted by Crippen LogP contribution is 2.32. The quantitative estimate of drug-likeness (QED) is 0.309. The Morgan fingerprint density at radius 2 is 1.73 bits per heavy atom. The lowest BCUT2D eigenvalue weighted by atomic mass is 10.1. The fourth-order valence-corrected chi connectivity index (χ4v) is 4.94. The highest BCUT2D eigenvalue weighted by molar-refractivity contribution is 6.36. The Morgan fingerprint density at radius 1 is 0.973 bits per heavy atom. The van der Waals surface area contributed by atoms with E-state index in [0.29, 0.717) is 76.4 Å². The Bertz CT molecular complexity index is 1310. The van der Waals surface area contributed by atoms with Gasteiger partial charge in [-0.1, -0.05) is 48.7 Å². The zero-order valence-electron chi connectivity index (χ0n) is 20.6. The van der Waals surface area contributed by atoms with Crippen LogP contribution in [0.1, 0.15) is 26.0 Å². The van der Waals surface area contributed by atoms with Gasteiger partial charge in [0.05, 0.1) is 15.7 Å². The molecule has 4 rings (SSSR count). The lowest BCUT2D eigenvalue weighted by Crippen LogP contribution is -2.49. The van der Waals surface area contributed by atoms with Gasteiger partial charge in [0.25, 0.3) is 0 Å². The fraction of sp³-hybridized carbons (Fsp3) is 0.286. The first-order valence-corrected chi connectivity index (χ1v) is 13.2. The standard InChI is InChI=1S/C28H28Cl3N3O3/c1-18(2)15-28(36)34-13-11-33(12-14-34)25-8-4-20(17-24(25)31)32-27(35)10-6-21-5-9-26(37-21)22-7-3-19(29)16-23(22)30/h3-10,16-18H,11-15H2,1-2H3,(H,32,35)/b10-6+. The van der Waals surface area contributed by atoms with Crippen LogP contribution in [0.5, 0.6) is 0 Å². The molecule has 1 fully saturated rings. The summed E-state index contributed by atoms with van der Waals surface area (Å²) in [6.07, 6.45) is 3.54. The molecule has 194 valence electrons. The van der Waals surface area contributed by atoms with Crippen molar-refractivity contribution in [2.45, 2.75) is 20.3 Å². The normalized spacial score (nSPS) is 14.0. The molecule has 9 heteroatoms. The smallest absolute Gasteiger partial charge is 0.248 e. The maximum absolute atomic E-state index is 12.5. The number of hydrogen-bond donors (Lipinski definition) is 1. The van der Waals surface area contributed by atoms with Crippen molar-refractivity contribution in [3.05, 3.63) is 75.4 Å². The van der Waals surface area contributed by atoms with Crippen molar-refractivity contribution in [3.8, 4) is 11.3 Å². The van der Waals surface area contributed by atoms with Gasteiger partial charge < -0.3 is 19.5 Å². The lowest BCUT2D eigenvalue weighted by Gasteiger charge is -2.36. The van der Waals surface area contributed by atoms with Gasteiger partial charge in [-0.2, -0.15) is 0 Å². The van der Waals surface area contributed by atoms with Gasteiger partial charge in [0, 0.05) is 54.9 Å². The van der Waals surface area contributed by atoms with E-state index in [4.69, 9.17) is 39.2 Å². The second-order valence-electron chi connectivity index (χ2n) is 9.28. The van der Waals surface area contributed by atoms with Gasteiger partial charge in [0.15, 0.2) is 0 Å². The molecule has 6 nitrogen and oxygen atoms in total. The molecule has 3 aromatic rings. The van der Waals surface area contributed by atoms with Crippen molar-refractivity contribution >= 4 is 64.1 Å². The van der Waals surface area contributed by atoms with Crippen molar-refractivity contribution in [2.75, 3.05) is 36.4 Å². The van der Waals surface area contributed by atoms with E-state index in [2.05, 4.69) is 24.1 Å². The molecule has 1 aliphatic rings. The van der Waals surface area contributed by atoms with Crippen molar-refractivity contribution < 1.29 is 14.0 Å². The lowest BCUT2D eigenvalue weighted by molar-refractivity contribution is -0.132. The SMILES string of the molecule is CC(C)CC(=O)N1CCN(c2ccc(NC(=O)/C=C/c3ccc(-c4ccc(Cl)cc4Cl)o3)cc2Cl)CC1. The second kappa shape index (κ2) is 12.1. The predicted molar refractivity (Wildman–Crippen MR) is 152 cm³/mol. The molecule has 1 N–H and O–H groups in total.